The van der Waals surface area contributed by atoms with Crippen LogP contribution in [-0.4, -0.2) is 19.9 Å². The Bertz CT molecular complexity index is 1420. The van der Waals surface area contributed by atoms with Gasteiger partial charge in [-0.3, -0.25) is 9.29 Å². The molecule has 0 saturated carbocycles. The number of anilines is 1. The highest BCUT2D eigenvalue weighted by atomic mass is 32.2. The van der Waals surface area contributed by atoms with E-state index < -0.39 is 10.0 Å². The topological polar surface area (TPSA) is 74.1 Å². The van der Waals surface area contributed by atoms with Crippen molar-refractivity contribution in [3.05, 3.63) is 90.3 Å². The molecule has 2 heterocycles. The summed E-state index contributed by atoms with van der Waals surface area (Å²) in [5.41, 5.74) is 3.97. The maximum atomic E-state index is 13.4. The maximum Gasteiger partial charge on any atom is 0.264 e. The van der Waals surface area contributed by atoms with Crippen LogP contribution >= 0.6 is 0 Å². The molecule has 0 amide bonds. The van der Waals surface area contributed by atoms with Gasteiger partial charge < -0.3 is 0 Å². The van der Waals surface area contributed by atoms with Crippen molar-refractivity contribution in [2.75, 3.05) is 10.8 Å². The minimum absolute atomic E-state index is 0.276. The monoisotopic (exact) mass is 411 g/mol. The molecule has 3 aromatic carbocycles. The van der Waals surface area contributed by atoms with Crippen LogP contribution in [-0.2, 0) is 16.4 Å². The van der Waals surface area contributed by atoms with E-state index in [1.807, 2.05) is 42.5 Å². The first kappa shape index (κ1) is 18.3. The average molecular weight is 411 g/mol. The number of nitrogens with zero attached hydrogens (tertiary/aromatic N) is 3. The van der Waals surface area contributed by atoms with Crippen molar-refractivity contribution in [3.8, 4) is 17.2 Å². The van der Waals surface area contributed by atoms with Gasteiger partial charge in [0, 0.05) is 18.3 Å². The van der Waals surface area contributed by atoms with Gasteiger partial charge in [-0.05, 0) is 52.6 Å². The van der Waals surface area contributed by atoms with Crippen molar-refractivity contribution >= 4 is 26.5 Å². The van der Waals surface area contributed by atoms with Crippen molar-refractivity contribution in [3.63, 3.8) is 0 Å². The Morgan fingerprint density at radius 3 is 2.47 bits per heavy atom. The summed E-state index contributed by atoms with van der Waals surface area (Å²) in [5, 5.41) is 10.9. The molecule has 6 heteroatoms. The first-order valence-electron chi connectivity index (χ1n) is 9.57. The van der Waals surface area contributed by atoms with Gasteiger partial charge in [0.2, 0.25) is 0 Å². The summed E-state index contributed by atoms with van der Waals surface area (Å²) in [7, 11) is -3.70. The quantitative estimate of drug-likeness (QED) is 0.497. The SMILES string of the molecule is N#Cc1ccc(-c2cncc3c2CCN3S(=O)(=O)c2ccc3ccccc3c2)cc1. The van der Waals surface area contributed by atoms with Gasteiger partial charge in [-0.2, -0.15) is 5.26 Å². The van der Waals surface area contributed by atoms with Gasteiger partial charge in [-0.25, -0.2) is 8.42 Å². The van der Waals surface area contributed by atoms with Gasteiger partial charge in [0.05, 0.1) is 28.4 Å². The van der Waals surface area contributed by atoms with E-state index in [9.17, 15) is 8.42 Å². The molecule has 0 fully saturated rings. The standard InChI is InChI=1S/C24H17N3O2S/c25-14-17-5-7-19(8-6-17)23-15-26-16-24-22(23)11-12-27(24)30(28,29)21-10-9-18-3-1-2-4-20(18)13-21/h1-10,13,15-16H,11-12H2. The summed E-state index contributed by atoms with van der Waals surface area (Å²) < 4.78 is 28.3. The molecule has 0 spiro atoms. The van der Waals surface area contributed by atoms with Gasteiger partial charge in [0.25, 0.3) is 10.0 Å². The number of rotatable bonds is 3. The number of aromatic nitrogens is 1. The highest BCUT2D eigenvalue weighted by Gasteiger charge is 2.32. The van der Waals surface area contributed by atoms with Crippen molar-refractivity contribution in [1.29, 1.82) is 5.26 Å². The lowest BCUT2D eigenvalue weighted by atomic mass is 9.99. The van der Waals surface area contributed by atoms with E-state index >= 15 is 0 Å². The lowest BCUT2D eigenvalue weighted by Crippen LogP contribution is -2.29. The van der Waals surface area contributed by atoms with Gasteiger partial charge in [-0.1, -0.05) is 42.5 Å². The van der Waals surface area contributed by atoms with E-state index in [0.29, 0.717) is 24.2 Å². The first-order valence-corrected chi connectivity index (χ1v) is 11.0. The zero-order valence-corrected chi connectivity index (χ0v) is 16.8. The van der Waals surface area contributed by atoms with Crippen LogP contribution in [0, 0.1) is 11.3 Å². The zero-order valence-electron chi connectivity index (χ0n) is 16.0. The number of pyridine rings is 1. The van der Waals surface area contributed by atoms with Crippen LogP contribution in [0.5, 0.6) is 0 Å². The van der Waals surface area contributed by atoms with Gasteiger partial charge >= 0.3 is 0 Å². The minimum Gasteiger partial charge on any atom is -0.264 e. The molecule has 5 nitrogen and oxygen atoms in total. The zero-order chi connectivity index (χ0) is 20.7. The summed E-state index contributed by atoms with van der Waals surface area (Å²) in [4.78, 5) is 4.59. The second kappa shape index (κ2) is 6.97. The van der Waals surface area contributed by atoms with Crippen LogP contribution in [0.4, 0.5) is 5.69 Å². The summed E-state index contributed by atoms with van der Waals surface area (Å²) in [6, 6.07) is 22.3. The van der Waals surface area contributed by atoms with E-state index in [1.54, 1.807) is 36.7 Å². The number of sulfonamides is 1. The van der Waals surface area contributed by atoms with Crippen LogP contribution in [0.1, 0.15) is 11.1 Å². The van der Waals surface area contributed by atoms with Crippen LogP contribution in [0.2, 0.25) is 0 Å². The molecule has 0 aliphatic carbocycles. The Hall–Kier alpha value is -3.69. The van der Waals surface area contributed by atoms with E-state index in [0.717, 1.165) is 27.5 Å². The van der Waals surface area contributed by atoms with Crippen molar-refractivity contribution in [2.24, 2.45) is 0 Å². The molecule has 0 bridgehead atoms. The van der Waals surface area contributed by atoms with Crippen molar-refractivity contribution in [1.82, 2.24) is 4.98 Å². The highest BCUT2D eigenvalue weighted by Crippen LogP contribution is 2.38. The minimum atomic E-state index is -3.70. The highest BCUT2D eigenvalue weighted by molar-refractivity contribution is 7.92. The van der Waals surface area contributed by atoms with Gasteiger partial charge in [-0.15, -0.1) is 0 Å². The Morgan fingerprint density at radius 1 is 0.933 bits per heavy atom. The molecule has 0 N–H and O–H groups in total. The van der Waals surface area contributed by atoms with E-state index in [-0.39, 0.29) is 4.90 Å². The normalized spacial score (nSPS) is 13.2. The number of nitriles is 1. The Labute approximate surface area is 174 Å². The Balaban J connectivity index is 1.57. The summed E-state index contributed by atoms with van der Waals surface area (Å²) in [6.07, 6.45) is 3.99. The van der Waals surface area contributed by atoms with Crippen LogP contribution < -0.4 is 4.31 Å². The molecule has 1 aliphatic rings. The summed E-state index contributed by atoms with van der Waals surface area (Å²) in [6.45, 7) is 0.374. The smallest absolute Gasteiger partial charge is 0.264 e. The lowest BCUT2D eigenvalue weighted by molar-refractivity contribution is 0.592. The van der Waals surface area contributed by atoms with Crippen LogP contribution in [0.25, 0.3) is 21.9 Å². The number of fused-ring (bicyclic) bond motifs is 2. The van der Waals surface area contributed by atoms with E-state index in [4.69, 9.17) is 5.26 Å². The molecule has 1 aliphatic heterocycles. The molecule has 0 saturated heterocycles. The second-order valence-corrected chi connectivity index (χ2v) is 9.07. The van der Waals surface area contributed by atoms with Gasteiger partial charge in [0.1, 0.15) is 0 Å². The van der Waals surface area contributed by atoms with E-state index in [1.165, 1.54) is 4.31 Å². The lowest BCUT2D eigenvalue weighted by Gasteiger charge is -2.20. The van der Waals surface area contributed by atoms with Gasteiger partial charge in [0.15, 0.2) is 0 Å². The molecular formula is C24H17N3O2S. The molecule has 0 unspecified atom stereocenters. The third kappa shape index (κ3) is 2.92. The fraction of sp³-hybridized carbons (Fsp3) is 0.0833. The van der Waals surface area contributed by atoms with Crippen molar-refractivity contribution in [2.45, 2.75) is 11.3 Å². The summed E-state index contributed by atoms with van der Waals surface area (Å²) in [5.74, 6) is 0. The first-order chi connectivity index (χ1) is 14.6. The predicted octanol–water partition coefficient (Wildman–Crippen LogP) is 4.52. The van der Waals surface area contributed by atoms with Crippen molar-refractivity contribution < 1.29 is 8.42 Å². The maximum absolute atomic E-state index is 13.4. The van der Waals surface area contributed by atoms with Crippen LogP contribution in [0.3, 0.4) is 0 Å². The Kier molecular flexibility index (Phi) is 4.27. The predicted molar refractivity (Wildman–Crippen MR) is 117 cm³/mol. The molecule has 4 aromatic rings. The number of hydrogen-bond acceptors (Lipinski definition) is 4. The molecule has 5 rings (SSSR count). The third-order valence-corrected chi connectivity index (χ3v) is 7.31. The number of benzene rings is 3. The molecule has 30 heavy (non-hydrogen) atoms. The molecule has 146 valence electrons. The Morgan fingerprint density at radius 2 is 1.70 bits per heavy atom. The largest absolute Gasteiger partial charge is 0.264 e. The molecule has 1 aromatic heterocycles. The number of hydrogen-bond donors (Lipinski definition) is 0. The molecule has 0 radical (unpaired) electrons. The van der Waals surface area contributed by atoms with E-state index in [2.05, 4.69) is 11.1 Å². The second-order valence-electron chi connectivity index (χ2n) is 7.21. The molecular weight excluding hydrogens is 394 g/mol. The average Bonchev–Trinajstić information content (AvgIpc) is 3.24. The fourth-order valence-corrected chi connectivity index (χ4v) is 5.48. The summed E-state index contributed by atoms with van der Waals surface area (Å²) >= 11 is 0. The molecule has 0 atom stereocenters. The van der Waals surface area contributed by atoms with Crippen LogP contribution in [0.15, 0.2) is 84.0 Å². The third-order valence-electron chi connectivity index (χ3n) is 5.50. The fourth-order valence-electron chi connectivity index (χ4n) is 3.97.